The third-order valence-corrected chi connectivity index (χ3v) is 4.42. The van der Waals surface area contributed by atoms with Crippen molar-refractivity contribution in [1.29, 1.82) is 0 Å². The molecule has 22 heavy (non-hydrogen) atoms. The van der Waals surface area contributed by atoms with Gasteiger partial charge in [-0.3, -0.25) is 0 Å². The summed E-state index contributed by atoms with van der Waals surface area (Å²) in [5, 5.41) is 9.10. The second-order valence-electron chi connectivity index (χ2n) is 6.52. The molecule has 114 valence electrons. The van der Waals surface area contributed by atoms with E-state index in [0.717, 1.165) is 18.9 Å². The summed E-state index contributed by atoms with van der Waals surface area (Å²) in [6, 6.07) is 15.7. The molecule has 0 bridgehead atoms. The van der Waals surface area contributed by atoms with Crippen molar-refractivity contribution in [2.75, 3.05) is 18.0 Å². The Kier molecular flexibility index (Phi) is 3.61. The molecule has 0 spiro atoms. The average molecular weight is 296 g/mol. The van der Waals surface area contributed by atoms with E-state index in [4.69, 9.17) is 5.11 Å². The predicted octanol–water partition coefficient (Wildman–Crippen LogP) is 3.41. The van der Waals surface area contributed by atoms with Crippen LogP contribution in [-0.2, 0) is 0 Å². The van der Waals surface area contributed by atoms with E-state index in [1.807, 2.05) is 12.1 Å². The Labute approximate surface area is 130 Å². The van der Waals surface area contributed by atoms with Gasteiger partial charge >= 0.3 is 5.97 Å². The van der Waals surface area contributed by atoms with Gasteiger partial charge in [-0.25, -0.2) is 9.78 Å². The molecule has 1 aromatic heterocycles. The number of carboxylic acid groups (broad SMARTS) is 1. The van der Waals surface area contributed by atoms with Gasteiger partial charge in [0.25, 0.3) is 0 Å². The van der Waals surface area contributed by atoms with Gasteiger partial charge < -0.3 is 10.0 Å². The van der Waals surface area contributed by atoms with E-state index in [2.05, 4.69) is 48.0 Å². The van der Waals surface area contributed by atoms with Crippen molar-refractivity contribution in [2.24, 2.45) is 5.41 Å². The minimum atomic E-state index is -0.986. The zero-order chi connectivity index (χ0) is 15.7. The summed E-state index contributed by atoms with van der Waals surface area (Å²) < 4.78 is 0. The van der Waals surface area contributed by atoms with E-state index >= 15 is 0 Å². The largest absolute Gasteiger partial charge is 0.477 e. The van der Waals surface area contributed by atoms with Crippen LogP contribution in [0, 0.1) is 5.41 Å². The van der Waals surface area contributed by atoms with Crippen LogP contribution in [0.15, 0.2) is 48.5 Å². The molecule has 4 nitrogen and oxygen atoms in total. The summed E-state index contributed by atoms with van der Waals surface area (Å²) >= 11 is 0. The molecule has 1 saturated heterocycles. The molecule has 0 saturated carbocycles. The summed E-state index contributed by atoms with van der Waals surface area (Å²) in [4.78, 5) is 17.6. The van der Waals surface area contributed by atoms with Crippen LogP contribution in [-0.4, -0.2) is 29.1 Å². The molecule has 1 fully saturated rings. The first-order valence-corrected chi connectivity index (χ1v) is 7.47. The van der Waals surface area contributed by atoms with Gasteiger partial charge in [0.2, 0.25) is 0 Å². The summed E-state index contributed by atoms with van der Waals surface area (Å²) in [7, 11) is 0. The van der Waals surface area contributed by atoms with E-state index in [0.29, 0.717) is 5.92 Å². The van der Waals surface area contributed by atoms with Crippen LogP contribution in [0.1, 0.15) is 35.8 Å². The minimum Gasteiger partial charge on any atom is -0.477 e. The molecule has 4 heteroatoms. The molecule has 1 N–H and O–H groups in total. The van der Waals surface area contributed by atoms with Gasteiger partial charge in [0, 0.05) is 19.0 Å². The number of hydrogen-bond acceptors (Lipinski definition) is 3. The van der Waals surface area contributed by atoms with Gasteiger partial charge in [-0.1, -0.05) is 50.2 Å². The quantitative estimate of drug-likeness (QED) is 0.943. The van der Waals surface area contributed by atoms with E-state index < -0.39 is 5.97 Å². The lowest BCUT2D eigenvalue weighted by atomic mass is 9.78. The molecule has 0 amide bonds. The Morgan fingerprint density at radius 1 is 1.18 bits per heavy atom. The molecular formula is C18H20N2O2. The molecule has 0 unspecified atom stereocenters. The van der Waals surface area contributed by atoms with E-state index in [1.54, 1.807) is 6.07 Å². The number of carboxylic acids is 1. The van der Waals surface area contributed by atoms with Crippen LogP contribution >= 0.6 is 0 Å². The number of pyridine rings is 1. The first-order valence-electron chi connectivity index (χ1n) is 7.47. The van der Waals surface area contributed by atoms with Gasteiger partial charge in [-0.15, -0.1) is 0 Å². The van der Waals surface area contributed by atoms with Crippen LogP contribution in [0.4, 0.5) is 5.82 Å². The minimum absolute atomic E-state index is 0.0958. The number of aromatic nitrogens is 1. The van der Waals surface area contributed by atoms with Gasteiger partial charge in [-0.05, 0) is 23.1 Å². The van der Waals surface area contributed by atoms with E-state index in [-0.39, 0.29) is 11.1 Å². The summed E-state index contributed by atoms with van der Waals surface area (Å²) in [6.07, 6.45) is 0. The zero-order valence-corrected chi connectivity index (χ0v) is 12.9. The fourth-order valence-electron chi connectivity index (χ4n) is 3.27. The monoisotopic (exact) mass is 296 g/mol. The smallest absolute Gasteiger partial charge is 0.354 e. The lowest BCUT2D eigenvalue weighted by Gasteiger charge is -2.25. The number of hydrogen-bond donors (Lipinski definition) is 1. The van der Waals surface area contributed by atoms with Gasteiger partial charge in [-0.2, -0.15) is 0 Å². The molecule has 1 aliphatic heterocycles. The second-order valence-corrected chi connectivity index (χ2v) is 6.52. The highest BCUT2D eigenvalue weighted by Gasteiger charge is 2.40. The van der Waals surface area contributed by atoms with Crippen LogP contribution in [0.2, 0.25) is 0 Å². The van der Waals surface area contributed by atoms with Crippen molar-refractivity contribution in [3.05, 3.63) is 59.8 Å². The van der Waals surface area contributed by atoms with Gasteiger partial charge in [0.1, 0.15) is 5.82 Å². The maximum atomic E-state index is 11.1. The Morgan fingerprint density at radius 2 is 1.91 bits per heavy atom. The SMILES string of the molecule is CC1(C)CN(c2cccc(C(=O)O)n2)C[C@@H]1c1ccccc1. The van der Waals surface area contributed by atoms with Gasteiger partial charge in [0.15, 0.2) is 5.69 Å². The first kappa shape index (κ1) is 14.6. The fraction of sp³-hybridized carbons (Fsp3) is 0.333. The fourth-order valence-corrected chi connectivity index (χ4v) is 3.27. The highest BCUT2D eigenvalue weighted by atomic mass is 16.4. The molecular weight excluding hydrogens is 276 g/mol. The molecule has 2 heterocycles. The van der Waals surface area contributed by atoms with Gasteiger partial charge in [0.05, 0.1) is 0 Å². The Balaban J connectivity index is 1.89. The van der Waals surface area contributed by atoms with E-state index in [9.17, 15) is 4.79 Å². The number of carbonyl (C=O) groups is 1. The number of anilines is 1. The standard InChI is InChI=1S/C18H20N2O2/c1-18(2)12-20(11-14(18)13-7-4-3-5-8-13)16-10-6-9-15(19-16)17(21)22/h3-10,14H,11-12H2,1-2H3,(H,21,22)/t14-/m1/s1. The van der Waals surface area contributed by atoms with Crippen molar-refractivity contribution >= 4 is 11.8 Å². The Morgan fingerprint density at radius 3 is 2.59 bits per heavy atom. The van der Waals surface area contributed by atoms with Crippen molar-refractivity contribution < 1.29 is 9.90 Å². The molecule has 2 aromatic rings. The number of aromatic carboxylic acids is 1. The van der Waals surface area contributed by atoms with Crippen LogP contribution < -0.4 is 4.90 Å². The Hall–Kier alpha value is -2.36. The van der Waals surface area contributed by atoms with E-state index in [1.165, 1.54) is 11.6 Å². The number of rotatable bonds is 3. The molecule has 1 aromatic carbocycles. The summed E-state index contributed by atoms with van der Waals surface area (Å²) in [5.74, 6) is 0.162. The normalized spacial score (nSPS) is 20.1. The van der Waals surface area contributed by atoms with Crippen LogP contribution in [0.5, 0.6) is 0 Å². The van der Waals surface area contributed by atoms with Crippen molar-refractivity contribution in [3.8, 4) is 0 Å². The third-order valence-electron chi connectivity index (χ3n) is 4.42. The predicted molar refractivity (Wildman–Crippen MR) is 86.4 cm³/mol. The average Bonchev–Trinajstić information content (AvgIpc) is 2.84. The molecule has 0 radical (unpaired) electrons. The van der Waals surface area contributed by atoms with Crippen molar-refractivity contribution in [3.63, 3.8) is 0 Å². The number of benzene rings is 1. The lowest BCUT2D eigenvalue weighted by molar-refractivity contribution is 0.0690. The maximum Gasteiger partial charge on any atom is 0.354 e. The topological polar surface area (TPSA) is 53.4 Å². The number of nitrogens with zero attached hydrogens (tertiary/aromatic N) is 2. The molecule has 3 rings (SSSR count). The molecule has 1 atom stereocenters. The van der Waals surface area contributed by atoms with Crippen molar-refractivity contribution in [2.45, 2.75) is 19.8 Å². The third kappa shape index (κ3) is 2.69. The van der Waals surface area contributed by atoms with Crippen LogP contribution in [0.3, 0.4) is 0 Å². The van der Waals surface area contributed by atoms with Crippen molar-refractivity contribution in [1.82, 2.24) is 4.98 Å². The molecule has 1 aliphatic rings. The molecule has 0 aliphatic carbocycles. The second kappa shape index (κ2) is 5.44. The highest BCUT2D eigenvalue weighted by Crippen LogP contribution is 2.43. The van der Waals surface area contributed by atoms with Crippen LogP contribution in [0.25, 0.3) is 0 Å². The maximum absolute atomic E-state index is 11.1. The summed E-state index contributed by atoms with van der Waals surface area (Å²) in [6.45, 7) is 6.23. The zero-order valence-electron chi connectivity index (χ0n) is 12.9. The highest BCUT2D eigenvalue weighted by molar-refractivity contribution is 5.85. The Bertz CT molecular complexity index is 682. The first-order chi connectivity index (χ1) is 10.5. The lowest BCUT2D eigenvalue weighted by Crippen LogP contribution is -2.24. The summed E-state index contributed by atoms with van der Waals surface area (Å²) in [5.41, 5.74) is 1.53.